The number of imidazole rings is 1. The number of nitrogens with zero attached hydrogens (tertiary/aromatic N) is 4. The summed E-state index contributed by atoms with van der Waals surface area (Å²) in [5.41, 5.74) is 0.949. The molecule has 156 valence electrons. The SMILES string of the molecule is Fc1ccccc1CN1CCC2(CC1)Nc1cccnc1-n1c2cnc1C(F)(F)F. The Morgan fingerprint density at radius 3 is 2.53 bits per heavy atom. The van der Waals surface area contributed by atoms with E-state index in [9.17, 15) is 17.6 Å². The zero-order valence-corrected chi connectivity index (χ0v) is 16.0. The highest BCUT2D eigenvalue weighted by molar-refractivity contribution is 5.63. The number of benzene rings is 1. The molecule has 2 aliphatic rings. The van der Waals surface area contributed by atoms with E-state index in [1.807, 2.05) is 0 Å². The summed E-state index contributed by atoms with van der Waals surface area (Å²) in [5, 5.41) is 3.44. The number of anilines is 1. The average molecular weight is 417 g/mol. The molecule has 0 saturated carbocycles. The molecule has 4 heterocycles. The Balaban J connectivity index is 1.47. The molecule has 1 aromatic carbocycles. The summed E-state index contributed by atoms with van der Waals surface area (Å²) in [6, 6.07) is 10.1. The van der Waals surface area contributed by atoms with Crippen molar-refractivity contribution in [2.45, 2.75) is 31.1 Å². The number of likely N-dealkylation sites (tertiary alicyclic amines) is 1. The van der Waals surface area contributed by atoms with Crippen molar-refractivity contribution in [3.8, 4) is 5.82 Å². The van der Waals surface area contributed by atoms with Crippen LogP contribution in [-0.2, 0) is 18.3 Å². The molecule has 3 aromatic rings. The number of halogens is 4. The van der Waals surface area contributed by atoms with Gasteiger partial charge in [0.15, 0.2) is 5.82 Å². The summed E-state index contributed by atoms with van der Waals surface area (Å²) in [5.74, 6) is -1.01. The predicted octanol–water partition coefficient (Wildman–Crippen LogP) is 4.34. The van der Waals surface area contributed by atoms with Gasteiger partial charge in [0.1, 0.15) is 5.82 Å². The van der Waals surface area contributed by atoms with Crippen molar-refractivity contribution in [2.75, 3.05) is 18.4 Å². The highest BCUT2D eigenvalue weighted by Crippen LogP contribution is 2.45. The Bertz CT molecular complexity index is 1080. The summed E-state index contributed by atoms with van der Waals surface area (Å²) >= 11 is 0. The van der Waals surface area contributed by atoms with E-state index in [0.29, 0.717) is 49.4 Å². The lowest BCUT2D eigenvalue weighted by Crippen LogP contribution is -2.49. The van der Waals surface area contributed by atoms with Crippen LogP contribution in [0.2, 0.25) is 0 Å². The Morgan fingerprint density at radius 1 is 1.03 bits per heavy atom. The molecule has 0 unspecified atom stereocenters. The zero-order chi connectivity index (χ0) is 20.9. The maximum atomic E-state index is 14.0. The molecule has 0 radical (unpaired) electrons. The van der Waals surface area contributed by atoms with Crippen LogP contribution < -0.4 is 5.32 Å². The molecule has 1 saturated heterocycles. The standard InChI is InChI=1S/C21H19F4N5/c22-15-5-2-1-4-14(15)13-29-10-7-20(8-11-29)17-12-27-19(21(23,24)25)30(17)18-16(28-20)6-3-9-26-18/h1-6,9,12,28H,7-8,10-11,13H2. The van der Waals surface area contributed by atoms with E-state index in [1.165, 1.54) is 18.5 Å². The highest BCUT2D eigenvalue weighted by atomic mass is 19.4. The molecule has 0 bridgehead atoms. The second-order valence-corrected chi connectivity index (χ2v) is 7.75. The van der Waals surface area contributed by atoms with Gasteiger partial charge in [-0.05, 0) is 31.0 Å². The molecule has 2 aliphatic heterocycles. The first-order valence-corrected chi connectivity index (χ1v) is 9.72. The van der Waals surface area contributed by atoms with Gasteiger partial charge in [-0.25, -0.2) is 14.4 Å². The first-order chi connectivity index (χ1) is 14.4. The van der Waals surface area contributed by atoms with Crippen LogP contribution in [-0.4, -0.2) is 32.5 Å². The Kier molecular flexibility index (Phi) is 4.32. The topological polar surface area (TPSA) is 46.0 Å². The van der Waals surface area contributed by atoms with Crippen molar-refractivity contribution in [3.63, 3.8) is 0 Å². The van der Waals surface area contributed by atoms with Crippen LogP contribution in [0.5, 0.6) is 0 Å². The van der Waals surface area contributed by atoms with E-state index >= 15 is 0 Å². The van der Waals surface area contributed by atoms with Crippen molar-refractivity contribution in [2.24, 2.45) is 0 Å². The summed E-state index contributed by atoms with van der Waals surface area (Å²) in [7, 11) is 0. The van der Waals surface area contributed by atoms with Gasteiger partial charge in [-0.15, -0.1) is 0 Å². The minimum absolute atomic E-state index is 0.205. The molecule has 5 rings (SSSR count). The van der Waals surface area contributed by atoms with Crippen LogP contribution >= 0.6 is 0 Å². The first kappa shape index (κ1) is 19.0. The van der Waals surface area contributed by atoms with Crippen LogP contribution in [0.3, 0.4) is 0 Å². The number of alkyl halides is 3. The second-order valence-electron chi connectivity index (χ2n) is 7.75. The molecular formula is C21H19F4N5. The summed E-state index contributed by atoms with van der Waals surface area (Å²) in [6.07, 6.45) is -0.673. The Hall–Kier alpha value is -2.94. The molecule has 1 fully saturated rings. The molecule has 0 atom stereocenters. The van der Waals surface area contributed by atoms with Crippen molar-refractivity contribution >= 4 is 5.69 Å². The van der Waals surface area contributed by atoms with Crippen molar-refractivity contribution in [1.29, 1.82) is 0 Å². The quantitative estimate of drug-likeness (QED) is 0.630. The summed E-state index contributed by atoms with van der Waals surface area (Å²) in [4.78, 5) is 10.0. The maximum absolute atomic E-state index is 14.0. The number of hydrogen-bond acceptors (Lipinski definition) is 4. The number of piperidine rings is 1. The van der Waals surface area contributed by atoms with Crippen molar-refractivity contribution in [3.05, 3.63) is 71.7 Å². The summed E-state index contributed by atoms with van der Waals surface area (Å²) in [6.45, 7) is 1.70. The molecule has 0 aliphatic carbocycles. The third-order valence-electron chi connectivity index (χ3n) is 5.94. The molecule has 30 heavy (non-hydrogen) atoms. The van der Waals surface area contributed by atoms with E-state index in [2.05, 4.69) is 20.2 Å². The number of pyridine rings is 1. The van der Waals surface area contributed by atoms with E-state index in [0.717, 1.165) is 4.57 Å². The number of rotatable bonds is 2. The smallest absolute Gasteiger partial charge is 0.371 e. The fourth-order valence-electron chi connectivity index (χ4n) is 4.44. The van der Waals surface area contributed by atoms with Gasteiger partial charge < -0.3 is 5.32 Å². The molecule has 1 N–H and O–H groups in total. The van der Waals surface area contributed by atoms with E-state index in [1.54, 1.807) is 30.3 Å². The zero-order valence-electron chi connectivity index (χ0n) is 16.0. The maximum Gasteiger partial charge on any atom is 0.450 e. The lowest BCUT2D eigenvalue weighted by Gasteiger charge is -2.45. The largest absolute Gasteiger partial charge is 0.450 e. The van der Waals surface area contributed by atoms with Crippen LogP contribution in [0, 0.1) is 5.82 Å². The molecule has 2 aromatic heterocycles. The van der Waals surface area contributed by atoms with Gasteiger partial charge in [-0.1, -0.05) is 18.2 Å². The van der Waals surface area contributed by atoms with Gasteiger partial charge in [-0.2, -0.15) is 13.2 Å². The Labute approximate surface area is 170 Å². The third-order valence-corrected chi connectivity index (χ3v) is 5.94. The number of aromatic nitrogens is 3. The lowest BCUT2D eigenvalue weighted by molar-refractivity contribution is -0.146. The first-order valence-electron chi connectivity index (χ1n) is 9.72. The number of hydrogen-bond donors (Lipinski definition) is 1. The fourth-order valence-corrected chi connectivity index (χ4v) is 4.44. The number of fused-ring (bicyclic) bond motifs is 4. The van der Waals surface area contributed by atoms with Crippen LogP contribution in [0.25, 0.3) is 5.82 Å². The van der Waals surface area contributed by atoms with Gasteiger partial charge in [0.25, 0.3) is 0 Å². The number of nitrogens with one attached hydrogen (secondary N) is 1. The molecule has 5 nitrogen and oxygen atoms in total. The Morgan fingerprint density at radius 2 is 1.80 bits per heavy atom. The predicted molar refractivity (Wildman–Crippen MR) is 103 cm³/mol. The lowest BCUT2D eigenvalue weighted by atomic mass is 9.82. The average Bonchev–Trinajstić information content (AvgIpc) is 3.19. The van der Waals surface area contributed by atoms with Gasteiger partial charge >= 0.3 is 6.18 Å². The minimum atomic E-state index is -4.59. The second kappa shape index (κ2) is 6.80. The molecule has 0 amide bonds. The minimum Gasteiger partial charge on any atom is -0.371 e. The van der Waals surface area contributed by atoms with Crippen molar-refractivity contribution < 1.29 is 17.6 Å². The normalized spacial score (nSPS) is 18.0. The molecule has 1 spiro atoms. The third kappa shape index (κ3) is 3.04. The summed E-state index contributed by atoms with van der Waals surface area (Å²) < 4.78 is 56.0. The monoisotopic (exact) mass is 417 g/mol. The van der Waals surface area contributed by atoms with Crippen LogP contribution in [0.4, 0.5) is 23.2 Å². The highest BCUT2D eigenvalue weighted by Gasteiger charge is 2.47. The van der Waals surface area contributed by atoms with E-state index in [4.69, 9.17) is 0 Å². The van der Waals surface area contributed by atoms with E-state index < -0.39 is 17.5 Å². The fraction of sp³-hybridized carbons (Fsp3) is 0.333. The van der Waals surface area contributed by atoms with Gasteiger partial charge in [0.05, 0.1) is 23.1 Å². The van der Waals surface area contributed by atoms with Crippen LogP contribution in [0.15, 0.2) is 48.8 Å². The van der Waals surface area contributed by atoms with Gasteiger partial charge in [0.2, 0.25) is 5.82 Å². The van der Waals surface area contributed by atoms with Gasteiger partial charge in [-0.3, -0.25) is 9.47 Å². The molecular weight excluding hydrogens is 398 g/mol. The van der Waals surface area contributed by atoms with Crippen molar-refractivity contribution in [1.82, 2.24) is 19.4 Å². The van der Waals surface area contributed by atoms with Gasteiger partial charge in [0, 0.05) is 31.4 Å². The van der Waals surface area contributed by atoms with Crippen LogP contribution in [0.1, 0.15) is 29.9 Å². The van der Waals surface area contributed by atoms with E-state index in [-0.39, 0.29) is 11.6 Å². The molecule has 9 heteroatoms.